The number of nitrogens with zero attached hydrogens (tertiary/aromatic N) is 1. The van der Waals surface area contributed by atoms with Crippen molar-refractivity contribution in [3.05, 3.63) is 106 Å². The number of benzene rings is 3. The Labute approximate surface area is 214 Å². The standard InChI is InChI=1S/C28H24ClNO4S/c1-4-5-21-14-20(15-24(33-3)26(21)34-17-19-8-6-18(2)7-9-19)16-25-27(31)30(28(32)35-25)23-12-10-22(29)11-13-23/h4,6-16H,1,5,17H2,2-3H3/b25-16+. The van der Waals surface area contributed by atoms with E-state index in [4.69, 9.17) is 21.1 Å². The zero-order valence-electron chi connectivity index (χ0n) is 19.4. The minimum absolute atomic E-state index is 0.324. The SMILES string of the molecule is C=CCc1cc(/C=C2/SC(=O)N(c3ccc(Cl)cc3)C2=O)cc(OC)c1OCc1ccc(C)cc1. The van der Waals surface area contributed by atoms with Crippen LogP contribution in [-0.4, -0.2) is 18.3 Å². The molecule has 178 valence electrons. The summed E-state index contributed by atoms with van der Waals surface area (Å²) in [4.78, 5) is 27.1. The third kappa shape index (κ3) is 5.61. The van der Waals surface area contributed by atoms with Gasteiger partial charge in [-0.1, -0.05) is 47.5 Å². The van der Waals surface area contributed by atoms with E-state index in [0.717, 1.165) is 33.4 Å². The molecule has 0 saturated carbocycles. The number of aryl methyl sites for hydroxylation is 1. The van der Waals surface area contributed by atoms with Crippen LogP contribution < -0.4 is 14.4 Å². The monoisotopic (exact) mass is 505 g/mol. The molecule has 2 amide bonds. The zero-order chi connectivity index (χ0) is 24.9. The molecule has 1 aliphatic heterocycles. The molecule has 1 saturated heterocycles. The van der Waals surface area contributed by atoms with Gasteiger partial charge in [0.1, 0.15) is 6.61 Å². The number of allylic oxidation sites excluding steroid dienone is 1. The van der Waals surface area contributed by atoms with Gasteiger partial charge in [-0.25, -0.2) is 4.90 Å². The zero-order valence-corrected chi connectivity index (χ0v) is 21.0. The summed E-state index contributed by atoms with van der Waals surface area (Å²) in [6, 6.07) is 18.4. The van der Waals surface area contributed by atoms with Gasteiger partial charge < -0.3 is 9.47 Å². The number of hydrogen-bond acceptors (Lipinski definition) is 5. The van der Waals surface area contributed by atoms with Gasteiger partial charge >= 0.3 is 0 Å². The Hall–Kier alpha value is -3.48. The highest BCUT2D eigenvalue weighted by atomic mass is 35.5. The molecule has 0 atom stereocenters. The largest absolute Gasteiger partial charge is 0.493 e. The first-order chi connectivity index (χ1) is 16.9. The number of ether oxygens (including phenoxy) is 2. The van der Waals surface area contributed by atoms with Crippen LogP contribution in [-0.2, 0) is 17.8 Å². The molecule has 3 aromatic rings. The van der Waals surface area contributed by atoms with E-state index in [1.165, 1.54) is 5.56 Å². The fourth-order valence-electron chi connectivity index (χ4n) is 3.66. The Morgan fingerprint density at radius 2 is 1.77 bits per heavy atom. The van der Waals surface area contributed by atoms with E-state index in [-0.39, 0.29) is 11.1 Å². The summed E-state index contributed by atoms with van der Waals surface area (Å²) in [6.07, 6.45) is 4.03. The van der Waals surface area contributed by atoms with Crippen molar-refractivity contribution in [2.45, 2.75) is 20.0 Å². The number of carbonyl (C=O) groups excluding carboxylic acids is 2. The van der Waals surface area contributed by atoms with Crippen molar-refractivity contribution in [3.8, 4) is 11.5 Å². The number of carbonyl (C=O) groups is 2. The quantitative estimate of drug-likeness (QED) is 0.239. The van der Waals surface area contributed by atoms with E-state index in [1.54, 1.807) is 49.6 Å². The Kier molecular flexibility index (Phi) is 7.63. The summed E-state index contributed by atoms with van der Waals surface area (Å²) < 4.78 is 11.8. The van der Waals surface area contributed by atoms with Crippen LogP contribution in [0.3, 0.4) is 0 Å². The lowest BCUT2D eigenvalue weighted by Gasteiger charge is -2.16. The maximum absolute atomic E-state index is 13.0. The lowest BCUT2D eigenvalue weighted by atomic mass is 10.0. The average Bonchev–Trinajstić information content (AvgIpc) is 3.12. The van der Waals surface area contributed by atoms with Gasteiger partial charge in [0.25, 0.3) is 11.1 Å². The van der Waals surface area contributed by atoms with Gasteiger partial charge in [-0.3, -0.25) is 9.59 Å². The van der Waals surface area contributed by atoms with Crippen molar-refractivity contribution < 1.29 is 19.1 Å². The summed E-state index contributed by atoms with van der Waals surface area (Å²) in [5.74, 6) is 0.783. The normalized spacial score (nSPS) is 14.5. The van der Waals surface area contributed by atoms with Crippen LogP contribution >= 0.6 is 23.4 Å². The number of halogens is 1. The number of rotatable bonds is 8. The number of thioether (sulfide) groups is 1. The number of hydrogen-bond donors (Lipinski definition) is 0. The Morgan fingerprint density at radius 3 is 2.43 bits per heavy atom. The summed E-state index contributed by atoms with van der Waals surface area (Å²) in [5, 5.41) is 0.169. The molecular weight excluding hydrogens is 482 g/mol. The Balaban J connectivity index is 1.63. The molecule has 4 rings (SSSR count). The van der Waals surface area contributed by atoms with E-state index in [0.29, 0.717) is 40.1 Å². The maximum Gasteiger partial charge on any atom is 0.298 e. The van der Waals surface area contributed by atoms with Gasteiger partial charge in [0.2, 0.25) is 0 Å². The van der Waals surface area contributed by atoms with Crippen LogP contribution in [0.2, 0.25) is 5.02 Å². The fourth-order valence-corrected chi connectivity index (χ4v) is 4.63. The predicted octanol–water partition coefficient (Wildman–Crippen LogP) is 7.21. The predicted molar refractivity (Wildman–Crippen MR) is 142 cm³/mol. The molecule has 0 N–H and O–H groups in total. The van der Waals surface area contributed by atoms with Gasteiger partial charge in [0.05, 0.1) is 17.7 Å². The van der Waals surface area contributed by atoms with Crippen LogP contribution in [0.25, 0.3) is 6.08 Å². The van der Waals surface area contributed by atoms with E-state index in [1.807, 2.05) is 37.3 Å². The van der Waals surface area contributed by atoms with Gasteiger partial charge in [0, 0.05) is 10.6 Å². The molecule has 0 aromatic heterocycles. The molecule has 0 radical (unpaired) electrons. The van der Waals surface area contributed by atoms with E-state index in [9.17, 15) is 9.59 Å². The van der Waals surface area contributed by atoms with E-state index >= 15 is 0 Å². The molecule has 7 heteroatoms. The molecule has 0 spiro atoms. The van der Waals surface area contributed by atoms with Crippen molar-refractivity contribution in [2.24, 2.45) is 0 Å². The highest BCUT2D eigenvalue weighted by molar-refractivity contribution is 8.19. The molecule has 3 aromatic carbocycles. The molecular formula is C28H24ClNO4S. The summed E-state index contributed by atoms with van der Waals surface area (Å²) in [5.41, 5.74) is 4.30. The molecule has 0 bridgehead atoms. The first-order valence-electron chi connectivity index (χ1n) is 10.9. The smallest absolute Gasteiger partial charge is 0.298 e. The van der Waals surface area contributed by atoms with Crippen molar-refractivity contribution in [3.63, 3.8) is 0 Å². The Bertz CT molecular complexity index is 1300. The third-order valence-electron chi connectivity index (χ3n) is 5.42. The fraction of sp³-hybridized carbons (Fsp3) is 0.143. The lowest BCUT2D eigenvalue weighted by Crippen LogP contribution is -2.27. The third-order valence-corrected chi connectivity index (χ3v) is 6.54. The van der Waals surface area contributed by atoms with Gasteiger partial charge in [0.15, 0.2) is 11.5 Å². The number of anilines is 1. The first kappa shape index (κ1) is 24.6. The molecule has 1 heterocycles. The molecule has 1 fully saturated rings. The van der Waals surface area contributed by atoms with E-state index < -0.39 is 0 Å². The molecule has 1 aliphatic rings. The van der Waals surface area contributed by atoms with Crippen LogP contribution in [0.1, 0.15) is 22.3 Å². The van der Waals surface area contributed by atoms with Gasteiger partial charge in [-0.05, 0) is 78.7 Å². The van der Waals surface area contributed by atoms with Crippen LogP contribution in [0.15, 0.2) is 78.2 Å². The summed E-state index contributed by atoms with van der Waals surface area (Å²) in [7, 11) is 1.57. The number of methoxy groups -OCH3 is 1. The maximum atomic E-state index is 13.0. The topological polar surface area (TPSA) is 55.8 Å². The lowest BCUT2D eigenvalue weighted by molar-refractivity contribution is -0.113. The van der Waals surface area contributed by atoms with Crippen molar-refractivity contribution in [2.75, 3.05) is 12.0 Å². The van der Waals surface area contributed by atoms with Gasteiger partial charge in [-0.15, -0.1) is 6.58 Å². The molecule has 5 nitrogen and oxygen atoms in total. The highest BCUT2D eigenvalue weighted by Gasteiger charge is 2.36. The van der Waals surface area contributed by atoms with Crippen LogP contribution in [0.5, 0.6) is 11.5 Å². The number of amides is 2. The second-order valence-corrected chi connectivity index (χ2v) is 9.40. The summed E-state index contributed by atoms with van der Waals surface area (Å²) in [6.45, 7) is 6.28. The molecule has 0 aliphatic carbocycles. The first-order valence-corrected chi connectivity index (χ1v) is 12.1. The number of imide groups is 1. The summed E-state index contributed by atoms with van der Waals surface area (Å²) >= 11 is 6.83. The second-order valence-electron chi connectivity index (χ2n) is 7.97. The van der Waals surface area contributed by atoms with Gasteiger partial charge in [-0.2, -0.15) is 0 Å². The van der Waals surface area contributed by atoms with Crippen LogP contribution in [0, 0.1) is 6.92 Å². The van der Waals surface area contributed by atoms with Crippen molar-refractivity contribution in [1.82, 2.24) is 0 Å². The van der Waals surface area contributed by atoms with Crippen LogP contribution in [0.4, 0.5) is 10.5 Å². The second kappa shape index (κ2) is 10.8. The molecule has 35 heavy (non-hydrogen) atoms. The highest BCUT2D eigenvalue weighted by Crippen LogP contribution is 2.39. The Morgan fingerprint density at radius 1 is 1.06 bits per heavy atom. The molecule has 0 unspecified atom stereocenters. The minimum atomic E-state index is -0.383. The van der Waals surface area contributed by atoms with Crippen molar-refractivity contribution >= 4 is 46.3 Å². The van der Waals surface area contributed by atoms with E-state index in [2.05, 4.69) is 6.58 Å². The average molecular weight is 506 g/mol. The van der Waals surface area contributed by atoms with Crippen molar-refractivity contribution in [1.29, 1.82) is 0 Å². The minimum Gasteiger partial charge on any atom is -0.493 e.